The number of unbranched alkanes of at least 4 members (excludes halogenated alkanes) is 1. The molecule has 0 radical (unpaired) electrons. The highest BCUT2D eigenvalue weighted by molar-refractivity contribution is 6.76. The first-order valence-corrected chi connectivity index (χ1v) is 12.0. The van der Waals surface area contributed by atoms with Gasteiger partial charge in [0, 0.05) is 13.5 Å². The summed E-state index contributed by atoms with van der Waals surface area (Å²) in [4.78, 5) is 11.6. The Kier molecular flexibility index (Phi) is 10.4. The second-order valence-corrected chi connectivity index (χ2v) is 13.1. The number of ether oxygens (including phenoxy) is 1. The van der Waals surface area contributed by atoms with Gasteiger partial charge in [-0.2, -0.15) is 39.5 Å². The molecule has 0 aliphatic heterocycles. The SMILES string of the molecule is CO[Si](CCCCC(=O)OCCC(F)(F)C(F)(F)C(F)(F)C(F)(F)F)(C(C)C)C(C)C. The quantitative estimate of drug-likeness (QED) is 0.121. The van der Waals surface area contributed by atoms with Gasteiger partial charge in [-0.15, -0.1) is 0 Å². The average molecular weight is 492 g/mol. The van der Waals surface area contributed by atoms with Crippen LogP contribution < -0.4 is 0 Å². The summed E-state index contributed by atoms with van der Waals surface area (Å²) < 4.78 is 125. The molecule has 0 fully saturated rings. The van der Waals surface area contributed by atoms with Crippen LogP contribution in [0.4, 0.5) is 39.5 Å². The van der Waals surface area contributed by atoms with E-state index in [9.17, 15) is 44.3 Å². The lowest BCUT2D eigenvalue weighted by atomic mass is 10.0. The molecule has 3 nitrogen and oxygen atoms in total. The molecule has 13 heteroatoms. The fraction of sp³-hybridized carbons (Fsp3) is 0.944. The lowest BCUT2D eigenvalue weighted by molar-refractivity contribution is -0.397. The van der Waals surface area contributed by atoms with E-state index in [-0.39, 0.29) is 12.8 Å². The Balaban J connectivity index is 4.67. The summed E-state index contributed by atoms with van der Waals surface area (Å²) in [5, 5.41) is 0. The Morgan fingerprint density at radius 2 is 1.32 bits per heavy atom. The van der Waals surface area contributed by atoms with Crippen molar-refractivity contribution in [3.05, 3.63) is 0 Å². The molecule has 0 amide bonds. The van der Waals surface area contributed by atoms with Gasteiger partial charge in [0.2, 0.25) is 0 Å². The van der Waals surface area contributed by atoms with Gasteiger partial charge in [0.1, 0.15) is 0 Å². The maximum Gasteiger partial charge on any atom is 0.460 e. The van der Waals surface area contributed by atoms with Gasteiger partial charge in [0.05, 0.1) is 13.0 Å². The van der Waals surface area contributed by atoms with E-state index in [0.29, 0.717) is 23.5 Å². The molecule has 0 aromatic heterocycles. The van der Waals surface area contributed by atoms with E-state index in [1.165, 1.54) is 0 Å². The first kappa shape index (κ1) is 30.0. The van der Waals surface area contributed by atoms with Crippen LogP contribution in [-0.4, -0.2) is 51.9 Å². The first-order chi connectivity index (χ1) is 13.8. The van der Waals surface area contributed by atoms with E-state index < -0.39 is 51.3 Å². The second-order valence-electron chi connectivity index (χ2n) is 8.00. The largest absolute Gasteiger partial charge is 0.465 e. The van der Waals surface area contributed by atoms with Crippen molar-refractivity contribution >= 4 is 14.3 Å². The van der Waals surface area contributed by atoms with Crippen molar-refractivity contribution in [3.8, 4) is 0 Å². The zero-order chi connectivity index (χ0) is 24.9. The van der Waals surface area contributed by atoms with Gasteiger partial charge in [0.15, 0.2) is 8.32 Å². The highest BCUT2D eigenvalue weighted by Crippen LogP contribution is 2.54. The Morgan fingerprint density at radius 1 is 0.839 bits per heavy atom. The van der Waals surface area contributed by atoms with Crippen LogP contribution in [-0.2, 0) is 14.0 Å². The maximum atomic E-state index is 13.4. The molecule has 0 spiro atoms. The Hall–Kier alpha value is -0.983. The molecular formula is C18H29F9O3Si. The average Bonchev–Trinajstić information content (AvgIpc) is 2.59. The van der Waals surface area contributed by atoms with Crippen LogP contribution in [0, 0.1) is 0 Å². The third-order valence-electron chi connectivity index (χ3n) is 5.42. The Bertz CT molecular complexity index is 570. The summed E-state index contributed by atoms with van der Waals surface area (Å²) in [5.41, 5.74) is 0.589. The first-order valence-electron chi connectivity index (χ1n) is 9.71. The molecule has 0 unspecified atom stereocenters. The predicted molar refractivity (Wildman–Crippen MR) is 98.1 cm³/mol. The minimum absolute atomic E-state index is 0.245. The van der Waals surface area contributed by atoms with Crippen LogP contribution in [0.2, 0.25) is 17.1 Å². The number of carbonyl (C=O) groups is 1. The molecule has 0 atom stereocenters. The molecule has 0 aliphatic carbocycles. The minimum atomic E-state index is -6.95. The van der Waals surface area contributed by atoms with E-state index in [1.807, 2.05) is 27.7 Å². The molecule has 0 N–H and O–H groups in total. The number of alkyl halides is 9. The Morgan fingerprint density at radius 3 is 1.71 bits per heavy atom. The summed E-state index contributed by atoms with van der Waals surface area (Å²) in [6.45, 7) is 6.69. The summed E-state index contributed by atoms with van der Waals surface area (Å²) in [6.07, 6.45) is -8.46. The molecule has 0 saturated carbocycles. The zero-order valence-electron chi connectivity index (χ0n) is 18.0. The second kappa shape index (κ2) is 10.8. The van der Waals surface area contributed by atoms with E-state index in [4.69, 9.17) is 4.43 Å². The van der Waals surface area contributed by atoms with E-state index in [2.05, 4.69) is 4.74 Å². The van der Waals surface area contributed by atoms with Crippen molar-refractivity contribution in [2.45, 2.75) is 94.4 Å². The molecule has 0 saturated heterocycles. The van der Waals surface area contributed by atoms with Crippen molar-refractivity contribution in [3.63, 3.8) is 0 Å². The number of hydrogen-bond acceptors (Lipinski definition) is 3. The molecule has 0 rings (SSSR count). The smallest absolute Gasteiger partial charge is 0.460 e. The lowest BCUT2D eigenvalue weighted by Gasteiger charge is -2.37. The van der Waals surface area contributed by atoms with Crippen molar-refractivity contribution in [1.29, 1.82) is 0 Å². The molecule has 186 valence electrons. The summed E-state index contributed by atoms with van der Waals surface area (Å²) in [5.74, 6) is -20.4. The van der Waals surface area contributed by atoms with Gasteiger partial charge < -0.3 is 9.16 Å². The van der Waals surface area contributed by atoms with Crippen LogP contribution in [0.15, 0.2) is 0 Å². The van der Waals surface area contributed by atoms with Crippen molar-refractivity contribution < 1.29 is 53.5 Å². The third kappa shape index (κ3) is 6.75. The van der Waals surface area contributed by atoms with Crippen molar-refractivity contribution in [2.75, 3.05) is 13.7 Å². The van der Waals surface area contributed by atoms with E-state index in [0.717, 1.165) is 0 Å². The number of carbonyl (C=O) groups excluding carboxylic acids is 1. The number of hydrogen-bond donors (Lipinski definition) is 0. The van der Waals surface area contributed by atoms with Gasteiger partial charge in [-0.25, -0.2) is 0 Å². The highest BCUT2D eigenvalue weighted by atomic mass is 28.4. The zero-order valence-corrected chi connectivity index (χ0v) is 19.0. The summed E-state index contributed by atoms with van der Waals surface area (Å²) in [7, 11) is -0.475. The molecule has 0 aromatic rings. The minimum Gasteiger partial charge on any atom is -0.465 e. The van der Waals surface area contributed by atoms with Gasteiger partial charge in [-0.1, -0.05) is 34.1 Å². The van der Waals surface area contributed by atoms with Crippen molar-refractivity contribution in [2.24, 2.45) is 0 Å². The molecular weight excluding hydrogens is 463 g/mol. The molecule has 0 heterocycles. The van der Waals surface area contributed by atoms with Gasteiger partial charge >= 0.3 is 29.9 Å². The van der Waals surface area contributed by atoms with Crippen LogP contribution >= 0.6 is 0 Å². The molecule has 31 heavy (non-hydrogen) atoms. The normalized spacial score (nSPS) is 14.5. The van der Waals surface area contributed by atoms with Gasteiger partial charge in [-0.05, 0) is 23.5 Å². The topological polar surface area (TPSA) is 35.5 Å². The molecule has 0 aromatic carbocycles. The fourth-order valence-corrected chi connectivity index (χ4v) is 7.86. The number of rotatable bonds is 13. The van der Waals surface area contributed by atoms with Gasteiger partial charge in [0.25, 0.3) is 0 Å². The summed E-state index contributed by atoms with van der Waals surface area (Å²) in [6, 6.07) is 0.711. The van der Waals surface area contributed by atoms with Crippen LogP contribution in [0.5, 0.6) is 0 Å². The monoisotopic (exact) mass is 492 g/mol. The van der Waals surface area contributed by atoms with Crippen LogP contribution in [0.1, 0.15) is 53.4 Å². The summed E-state index contributed by atoms with van der Waals surface area (Å²) >= 11 is 0. The number of esters is 1. The maximum absolute atomic E-state index is 13.4. The van der Waals surface area contributed by atoms with Crippen LogP contribution in [0.25, 0.3) is 0 Å². The van der Waals surface area contributed by atoms with Gasteiger partial charge in [-0.3, -0.25) is 4.79 Å². The highest BCUT2D eigenvalue weighted by Gasteiger charge is 2.81. The van der Waals surface area contributed by atoms with Crippen molar-refractivity contribution in [1.82, 2.24) is 0 Å². The number of halogens is 9. The standard InChI is InChI=1S/C18H29F9O3Si/c1-12(2)31(29-5,13(3)4)11-7-6-8-14(28)30-10-9-15(19,20)16(21,22)17(23,24)18(25,26)27/h12-13H,6-11H2,1-5H3. The van der Waals surface area contributed by atoms with E-state index >= 15 is 0 Å². The van der Waals surface area contributed by atoms with Crippen LogP contribution in [0.3, 0.4) is 0 Å². The third-order valence-corrected chi connectivity index (χ3v) is 11.2. The molecule has 0 bridgehead atoms. The fourth-order valence-electron chi connectivity index (χ4n) is 3.42. The van der Waals surface area contributed by atoms with E-state index in [1.54, 1.807) is 7.11 Å². The lowest BCUT2D eigenvalue weighted by Crippen LogP contribution is -2.61. The molecule has 0 aliphatic rings. The predicted octanol–water partition coefficient (Wildman–Crippen LogP) is 6.97. The Labute approximate surface area is 176 Å².